The van der Waals surface area contributed by atoms with E-state index in [0.29, 0.717) is 86.2 Å². The molecule has 0 bridgehead atoms. The maximum Gasteiger partial charge on any atom is 0.410 e. The third-order valence-electron chi connectivity index (χ3n) is 6.23. The van der Waals surface area contributed by atoms with E-state index in [0.717, 1.165) is 6.29 Å². The van der Waals surface area contributed by atoms with Gasteiger partial charge in [0.05, 0.1) is 19.3 Å². The van der Waals surface area contributed by atoms with Gasteiger partial charge in [0.1, 0.15) is 5.60 Å². The number of rotatable bonds is 4. The van der Waals surface area contributed by atoms with E-state index < -0.39 is 5.60 Å². The fourth-order valence-electron chi connectivity index (χ4n) is 4.45. The topological polar surface area (TPSA) is 128 Å². The Balaban J connectivity index is 1.48. The minimum Gasteiger partial charge on any atom is -0.444 e. The molecule has 5 rings (SSSR count). The summed E-state index contributed by atoms with van der Waals surface area (Å²) in [4.78, 5) is 41.5. The number of fused-ring (bicyclic) bond motifs is 1. The number of carbonyl (C=O) groups is 2. The predicted octanol–water partition coefficient (Wildman–Crippen LogP) is 2.50. The van der Waals surface area contributed by atoms with E-state index in [1.807, 2.05) is 25.5 Å². The second kappa shape index (κ2) is 9.76. The molecule has 0 radical (unpaired) electrons. The average molecular weight is 495 g/mol. The molecule has 2 fully saturated rings. The van der Waals surface area contributed by atoms with E-state index >= 15 is 0 Å². The van der Waals surface area contributed by atoms with Crippen molar-refractivity contribution in [2.45, 2.75) is 45.3 Å². The van der Waals surface area contributed by atoms with Gasteiger partial charge < -0.3 is 19.3 Å². The van der Waals surface area contributed by atoms with Crippen LogP contribution in [-0.4, -0.2) is 92.2 Å². The Morgan fingerprint density at radius 3 is 2.56 bits per heavy atom. The molecule has 0 aromatic carbocycles. The van der Waals surface area contributed by atoms with Crippen LogP contribution in [0.3, 0.4) is 0 Å². The molecule has 2 aliphatic heterocycles. The molecule has 1 amide bonds. The Kier molecular flexibility index (Phi) is 6.52. The number of aromatic nitrogens is 6. The Bertz CT molecular complexity index is 1260. The van der Waals surface area contributed by atoms with Crippen LogP contribution in [0.2, 0.25) is 0 Å². The molecule has 3 aromatic rings. The van der Waals surface area contributed by atoms with E-state index in [-0.39, 0.29) is 12.1 Å². The van der Waals surface area contributed by atoms with Crippen molar-refractivity contribution >= 4 is 29.4 Å². The van der Waals surface area contributed by atoms with Crippen LogP contribution in [0.15, 0.2) is 18.5 Å². The zero-order valence-corrected chi connectivity index (χ0v) is 20.8. The summed E-state index contributed by atoms with van der Waals surface area (Å²) >= 11 is 0. The number of amides is 1. The molecule has 190 valence electrons. The number of pyridine rings is 1. The molecule has 0 saturated carbocycles. The molecular weight excluding hydrogens is 464 g/mol. The number of hydrogen-bond acceptors (Lipinski definition) is 10. The van der Waals surface area contributed by atoms with Crippen LogP contribution >= 0.6 is 0 Å². The van der Waals surface area contributed by atoms with E-state index in [9.17, 15) is 9.59 Å². The first kappa shape index (κ1) is 24.0. The Labute approximate surface area is 208 Å². The lowest BCUT2D eigenvalue weighted by Crippen LogP contribution is -2.42. The SMILES string of the molecule is CC(C)(C)OC(=O)N1CCC(n2nnc3c(N4CCOCC4)nc(-c4cncc(C=O)c4)nc32)CC1. The summed E-state index contributed by atoms with van der Waals surface area (Å²) in [6, 6.07) is 1.74. The van der Waals surface area contributed by atoms with Crippen molar-refractivity contribution in [3.05, 3.63) is 24.0 Å². The average Bonchev–Trinajstić information content (AvgIpc) is 3.32. The molecule has 3 aromatic heterocycles. The van der Waals surface area contributed by atoms with E-state index in [1.165, 1.54) is 6.20 Å². The van der Waals surface area contributed by atoms with Gasteiger partial charge in [0.25, 0.3) is 0 Å². The number of nitrogens with zero attached hydrogens (tertiary/aromatic N) is 8. The highest BCUT2D eigenvalue weighted by molar-refractivity contribution is 5.86. The number of likely N-dealkylation sites (tertiary alicyclic amines) is 1. The standard InChI is InChI=1S/C24H30N8O4/c1-24(2,3)36-23(34)31-6-4-18(5-7-31)32-22-19(28-29-32)21(30-8-10-35-11-9-30)26-20(27-22)17-12-16(15-33)13-25-14-17/h12-15,18H,4-11H2,1-3H3. The van der Waals surface area contributed by atoms with Crippen LogP contribution in [0.1, 0.15) is 50.0 Å². The largest absolute Gasteiger partial charge is 0.444 e. The summed E-state index contributed by atoms with van der Waals surface area (Å²) in [6.45, 7) is 9.26. The van der Waals surface area contributed by atoms with E-state index in [1.54, 1.807) is 17.2 Å². The second-order valence-corrected chi connectivity index (χ2v) is 10.00. The first-order valence-corrected chi connectivity index (χ1v) is 12.2. The summed E-state index contributed by atoms with van der Waals surface area (Å²) in [5.74, 6) is 1.14. The Morgan fingerprint density at radius 2 is 1.86 bits per heavy atom. The smallest absolute Gasteiger partial charge is 0.410 e. The lowest BCUT2D eigenvalue weighted by atomic mass is 10.1. The zero-order valence-electron chi connectivity index (χ0n) is 20.8. The van der Waals surface area contributed by atoms with Gasteiger partial charge in [-0.1, -0.05) is 5.21 Å². The van der Waals surface area contributed by atoms with Crippen molar-refractivity contribution in [2.24, 2.45) is 0 Å². The molecule has 5 heterocycles. The fraction of sp³-hybridized carbons (Fsp3) is 0.542. The van der Waals surface area contributed by atoms with Gasteiger partial charge in [0.2, 0.25) is 0 Å². The number of carbonyl (C=O) groups excluding carboxylic acids is 2. The molecular formula is C24H30N8O4. The zero-order chi connectivity index (χ0) is 25.3. The molecule has 0 spiro atoms. The van der Waals surface area contributed by atoms with Crippen LogP contribution in [0.25, 0.3) is 22.6 Å². The first-order valence-electron chi connectivity index (χ1n) is 12.2. The quantitative estimate of drug-likeness (QED) is 0.499. The van der Waals surface area contributed by atoms with Crippen LogP contribution in [-0.2, 0) is 9.47 Å². The third-order valence-corrected chi connectivity index (χ3v) is 6.23. The number of ether oxygens (including phenoxy) is 2. The molecule has 2 saturated heterocycles. The molecule has 2 aliphatic rings. The normalized spacial score (nSPS) is 17.4. The predicted molar refractivity (Wildman–Crippen MR) is 131 cm³/mol. The van der Waals surface area contributed by atoms with Crippen LogP contribution in [0.5, 0.6) is 0 Å². The van der Waals surface area contributed by atoms with Gasteiger partial charge in [-0.05, 0) is 39.7 Å². The Hall–Kier alpha value is -3.67. The van der Waals surface area contributed by atoms with Crippen molar-refractivity contribution in [3.63, 3.8) is 0 Å². The van der Waals surface area contributed by atoms with Crippen molar-refractivity contribution < 1.29 is 19.1 Å². The molecule has 0 unspecified atom stereocenters. The van der Waals surface area contributed by atoms with Gasteiger partial charge in [-0.2, -0.15) is 0 Å². The molecule has 0 aliphatic carbocycles. The number of hydrogen-bond donors (Lipinski definition) is 0. The molecule has 0 atom stereocenters. The van der Waals surface area contributed by atoms with Crippen LogP contribution in [0.4, 0.5) is 10.6 Å². The van der Waals surface area contributed by atoms with Crippen LogP contribution < -0.4 is 4.90 Å². The summed E-state index contributed by atoms with van der Waals surface area (Å²) < 4.78 is 12.9. The number of piperidine rings is 1. The number of aldehydes is 1. The third kappa shape index (κ3) is 4.99. The van der Waals surface area contributed by atoms with Gasteiger partial charge in [-0.25, -0.2) is 19.4 Å². The van der Waals surface area contributed by atoms with Gasteiger partial charge in [0.15, 0.2) is 29.1 Å². The van der Waals surface area contributed by atoms with Crippen molar-refractivity contribution in [1.82, 2.24) is 34.8 Å². The summed E-state index contributed by atoms with van der Waals surface area (Å²) in [5, 5.41) is 8.94. The molecule has 36 heavy (non-hydrogen) atoms. The minimum absolute atomic E-state index is 0.0217. The molecule has 12 nitrogen and oxygen atoms in total. The maximum atomic E-state index is 12.5. The van der Waals surface area contributed by atoms with Gasteiger partial charge >= 0.3 is 6.09 Å². The first-order chi connectivity index (χ1) is 17.3. The van der Waals surface area contributed by atoms with E-state index in [2.05, 4.69) is 20.2 Å². The highest BCUT2D eigenvalue weighted by atomic mass is 16.6. The lowest BCUT2D eigenvalue weighted by molar-refractivity contribution is 0.0185. The van der Waals surface area contributed by atoms with Crippen molar-refractivity contribution in [3.8, 4) is 11.4 Å². The van der Waals surface area contributed by atoms with Gasteiger partial charge in [0, 0.05) is 49.7 Å². The molecule has 12 heteroatoms. The highest BCUT2D eigenvalue weighted by Gasteiger charge is 2.30. The second-order valence-electron chi connectivity index (χ2n) is 10.00. The molecule has 0 N–H and O–H groups in total. The van der Waals surface area contributed by atoms with Crippen molar-refractivity contribution in [2.75, 3.05) is 44.3 Å². The number of morpholine rings is 1. The minimum atomic E-state index is -0.532. The Morgan fingerprint density at radius 1 is 1.11 bits per heavy atom. The van der Waals surface area contributed by atoms with Crippen LogP contribution in [0, 0.1) is 0 Å². The lowest BCUT2D eigenvalue weighted by Gasteiger charge is -2.33. The monoisotopic (exact) mass is 494 g/mol. The maximum absolute atomic E-state index is 12.5. The van der Waals surface area contributed by atoms with Gasteiger partial charge in [-0.3, -0.25) is 9.78 Å². The summed E-state index contributed by atoms with van der Waals surface area (Å²) in [7, 11) is 0. The van der Waals surface area contributed by atoms with E-state index in [4.69, 9.17) is 19.4 Å². The summed E-state index contributed by atoms with van der Waals surface area (Å²) in [6.07, 6.45) is 5.00. The highest BCUT2D eigenvalue weighted by Crippen LogP contribution is 2.31. The summed E-state index contributed by atoms with van der Waals surface area (Å²) in [5.41, 5.74) is 1.80. The van der Waals surface area contributed by atoms with Crippen molar-refractivity contribution in [1.29, 1.82) is 0 Å². The number of anilines is 1. The van der Waals surface area contributed by atoms with Gasteiger partial charge in [-0.15, -0.1) is 5.10 Å². The fourth-order valence-corrected chi connectivity index (χ4v) is 4.45.